The van der Waals surface area contributed by atoms with Crippen LogP contribution < -0.4 is 5.32 Å². The van der Waals surface area contributed by atoms with Crippen molar-refractivity contribution in [1.29, 1.82) is 0 Å². The minimum absolute atomic E-state index is 0.149. The molecule has 0 radical (unpaired) electrons. The maximum atomic E-state index is 12.3. The standard InChI is InChI=1S/C16H30N2O/c1-3-13(2)17-16(19)15-10-7-11-18(15)12-14-8-5-4-6-9-14/h13-15H,3-12H2,1-2H3,(H,17,19)/t13?,15-/m1/s1. The summed E-state index contributed by atoms with van der Waals surface area (Å²) in [5, 5.41) is 3.16. The lowest BCUT2D eigenvalue weighted by atomic mass is 9.89. The number of nitrogens with one attached hydrogen (secondary N) is 1. The van der Waals surface area contributed by atoms with Gasteiger partial charge in [-0.2, -0.15) is 0 Å². The van der Waals surface area contributed by atoms with E-state index < -0.39 is 0 Å². The van der Waals surface area contributed by atoms with Crippen molar-refractivity contribution in [3.8, 4) is 0 Å². The number of carbonyl (C=O) groups excluding carboxylic acids is 1. The van der Waals surface area contributed by atoms with E-state index in [2.05, 4.69) is 24.1 Å². The lowest BCUT2D eigenvalue weighted by Crippen LogP contribution is -2.47. The van der Waals surface area contributed by atoms with Gasteiger partial charge in [-0.3, -0.25) is 9.69 Å². The van der Waals surface area contributed by atoms with E-state index in [9.17, 15) is 4.79 Å². The summed E-state index contributed by atoms with van der Waals surface area (Å²) < 4.78 is 0. The van der Waals surface area contributed by atoms with Gasteiger partial charge in [0.1, 0.15) is 0 Å². The summed E-state index contributed by atoms with van der Waals surface area (Å²) in [5.41, 5.74) is 0. The molecule has 1 aliphatic carbocycles. The minimum atomic E-state index is 0.149. The molecule has 1 unspecified atom stereocenters. The maximum absolute atomic E-state index is 12.3. The van der Waals surface area contributed by atoms with E-state index in [1.54, 1.807) is 0 Å². The van der Waals surface area contributed by atoms with E-state index in [4.69, 9.17) is 0 Å². The minimum Gasteiger partial charge on any atom is -0.352 e. The number of nitrogens with zero attached hydrogens (tertiary/aromatic N) is 1. The van der Waals surface area contributed by atoms with Crippen LogP contribution in [0.1, 0.15) is 65.2 Å². The van der Waals surface area contributed by atoms with Crippen LogP contribution in [-0.2, 0) is 4.79 Å². The predicted molar refractivity (Wildman–Crippen MR) is 79.1 cm³/mol. The van der Waals surface area contributed by atoms with Crippen molar-refractivity contribution >= 4 is 5.91 Å². The zero-order valence-corrected chi connectivity index (χ0v) is 12.7. The third kappa shape index (κ3) is 4.20. The van der Waals surface area contributed by atoms with E-state index in [0.29, 0.717) is 6.04 Å². The molecule has 3 nitrogen and oxygen atoms in total. The van der Waals surface area contributed by atoms with Gasteiger partial charge in [0.2, 0.25) is 5.91 Å². The van der Waals surface area contributed by atoms with Crippen LogP contribution in [0.3, 0.4) is 0 Å². The van der Waals surface area contributed by atoms with E-state index in [1.807, 2.05) is 0 Å². The largest absolute Gasteiger partial charge is 0.352 e. The molecule has 0 bridgehead atoms. The summed E-state index contributed by atoms with van der Waals surface area (Å²) >= 11 is 0. The van der Waals surface area contributed by atoms with Gasteiger partial charge in [-0.1, -0.05) is 26.2 Å². The second kappa shape index (κ2) is 7.28. The molecule has 1 aliphatic heterocycles. The average Bonchev–Trinajstić information content (AvgIpc) is 2.88. The van der Waals surface area contributed by atoms with Gasteiger partial charge in [-0.15, -0.1) is 0 Å². The highest BCUT2D eigenvalue weighted by Gasteiger charge is 2.32. The van der Waals surface area contributed by atoms with Crippen LogP contribution in [0, 0.1) is 5.92 Å². The fourth-order valence-electron chi connectivity index (χ4n) is 3.48. The number of carbonyl (C=O) groups is 1. The highest BCUT2D eigenvalue weighted by Crippen LogP contribution is 2.27. The molecule has 0 aromatic carbocycles. The summed E-state index contributed by atoms with van der Waals surface area (Å²) in [6.45, 7) is 6.49. The van der Waals surface area contributed by atoms with Crippen molar-refractivity contribution in [3.63, 3.8) is 0 Å². The van der Waals surface area contributed by atoms with Crippen LogP contribution in [0.2, 0.25) is 0 Å². The van der Waals surface area contributed by atoms with Gasteiger partial charge < -0.3 is 5.32 Å². The molecule has 110 valence electrons. The first kappa shape index (κ1) is 14.8. The van der Waals surface area contributed by atoms with Crippen molar-refractivity contribution in [2.24, 2.45) is 5.92 Å². The third-order valence-electron chi connectivity index (χ3n) is 4.88. The Morgan fingerprint density at radius 2 is 1.95 bits per heavy atom. The van der Waals surface area contributed by atoms with Crippen LogP contribution in [-0.4, -0.2) is 36.0 Å². The number of hydrogen-bond donors (Lipinski definition) is 1. The molecule has 1 amide bonds. The molecule has 0 aromatic rings. The fraction of sp³-hybridized carbons (Fsp3) is 0.938. The molecule has 1 saturated heterocycles. The second-order valence-corrected chi connectivity index (χ2v) is 6.47. The van der Waals surface area contributed by atoms with Crippen molar-refractivity contribution in [1.82, 2.24) is 10.2 Å². The SMILES string of the molecule is CCC(C)NC(=O)[C@H]1CCCN1CC1CCCCC1. The number of amides is 1. The highest BCUT2D eigenvalue weighted by molar-refractivity contribution is 5.82. The van der Waals surface area contributed by atoms with Crippen LogP contribution in [0.25, 0.3) is 0 Å². The Bertz CT molecular complexity index is 286. The normalized spacial score (nSPS) is 27.4. The van der Waals surface area contributed by atoms with Crippen molar-refractivity contribution in [3.05, 3.63) is 0 Å². The molecule has 1 heterocycles. The summed E-state index contributed by atoms with van der Waals surface area (Å²) in [6, 6.07) is 0.459. The molecular weight excluding hydrogens is 236 g/mol. The van der Waals surface area contributed by atoms with Gasteiger partial charge in [-0.05, 0) is 51.5 Å². The lowest BCUT2D eigenvalue weighted by Gasteiger charge is -2.30. The first-order valence-electron chi connectivity index (χ1n) is 8.25. The van der Waals surface area contributed by atoms with Gasteiger partial charge in [0.05, 0.1) is 6.04 Å². The first-order valence-corrected chi connectivity index (χ1v) is 8.25. The lowest BCUT2D eigenvalue weighted by molar-refractivity contribution is -0.126. The Balaban J connectivity index is 1.83. The molecule has 2 atom stereocenters. The van der Waals surface area contributed by atoms with Gasteiger partial charge in [0.25, 0.3) is 0 Å². The van der Waals surface area contributed by atoms with Crippen LogP contribution in [0.5, 0.6) is 0 Å². The monoisotopic (exact) mass is 266 g/mol. The molecule has 2 rings (SSSR count). The van der Waals surface area contributed by atoms with E-state index in [-0.39, 0.29) is 11.9 Å². The third-order valence-corrected chi connectivity index (χ3v) is 4.88. The second-order valence-electron chi connectivity index (χ2n) is 6.47. The number of hydrogen-bond acceptors (Lipinski definition) is 2. The molecular formula is C16H30N2O. The molecule has 1 saturated carbocycles. The molecule has 0 aromatic heterocycles. The van der Waals surface area contributed by atoms with Gasteiger partial charge in [0, 0.05) is 12.6 Å². The number of likely N-dealkylation sites (tertiary alicyclic amines) is 1. The summed E-state index contributed by atoms with van der Waals surface area (Å²) in [7, 11) is 0. The van der Waals surface area contributed by atoms with Gasteiger partial charge >= 0.3 is 0 Å². The number of rotatable bonds is 5. The predicted octanol–water partition coefficient (Wildman–Crippen LogP) is 2.95. The van der Waals surface area contributed by atoms with Crippen molar-refractivity contribution in [2.75, 3.05) is 13.1 Å². The summed E-state index contributed by atoms with van der Waals surface area (Å²) in [4.78, 5) is 14.8. The first-order chi connectivity index (χ1) is 9.20. The highest BCUT2D eigenvalue weighted by atomic mass is 16.2. The average molecular weight is 266 g/mol. The molecule has 1 N–H and O–H groups in total. The summed E-state index contributed by atoms with van der Waals surface area (Å²) in [5.74, 6) is 1.11. The van der Waals surface area contributed by atoms with Gasteiger partial charge in [0.15, 0.2) is 0 Å². The van der Waals surface area contributed by atoms with E-state index in [0.717, 1.165) is 31.8 Å². The topological polar surface area (TPSA) is 32.3 Å². The maximum Gasteiger partial charge on any atom is 0.237 e. The zero-order chi connectivity index (χ0) is 13.7. The smallest absolute Gasteiger partial charge is 0.237 e. The van der Waals surface area contributed by atoms with Crippen LogP contribution in [0.4, 0.5) is 0 Å². The Hall–Kier alpha value is -0.570. The van der Waals surface area contributed by atoms with Crippen LogP contribution >= 0.6 is 0 Å². The quantitative estimate of drug-likeness (QED) is 0.830. The molecule has 19 heavy (non-hydrogen) atoms. The molecule has 3 heteroatoms. The Kier molecular flexibility index (Phi) is 5.68. The Morgan fingerprint density at radius 3 is 2.63 bits per heavy atom. The van der Waals surface area contributed by atoms with E-state index >= 15 is 0 Å². The van der Waals surface area contributed by atoms with Crippen molar-refractivity contribution in [2.45, 2.75) is 77.3 Å². The fourth-order valence-corrected chi connectivity index (χ4v) is 3.48. The molecule has 2 fully saturated rings. The Morgan fingerprint density at radius 1 is 1.21 bits per heavy atom. The summed E-state index contributed by atoms with van der Waals surface area (Å²) in [6.07, 6.45) is 10.2. The van der Waals surface area contributed by atoms with E-state index in [1.165, 1.54) is 38.5 Å². The molecule has 0 spiro atoms. The zero-order valence-electron chi connectivity index (χ0n) is 12.7. The molecule has 2 aliphatic rings. The Labute approximate surface area is 118 Å². The van der Waals surface area contributed by atoms with Crippen LogP contribution in [0.15, 0.2) is 0 Å². The van der Waals surface area contributed by atoms with Crippen molar-refractivity contribution < 1.29 is 4.79 Å². The van der Waals surface area contributed by atoms with Gasteiger partial charge in [-0.25, -0.2) is 0 Å².